The Morgan fingerprint density at radius 2 is 2.38 bits per heavy atom. The van der Waals surface area contributed by atoms with Crippen LogP contribution < -0.4 is 17.0 Å². The van der Waals surface area contributed by atoms with Gasteiger partial charge in [-0.25, -0.2) is 4.79 Å². The topological polar surface area (TPSA) is 80.9 Å². The molecule has 0 amide bonds. The minimum absolute atomic E-state index is 0.0518. The molecule has 1 atom stereocenters. The van der Waals surface area contributed by atoms with E-state index in [4.69, 9.17) is 5.73 Å². The van der Waals surface area contributed by atoms with E-state index in [9.17, 15) is 9.59 Å². The van der Waals surface area contributed by atoms with Crippen molar-refractivity contribution >= 4 is 17.6 Å². The van der Waals surface area contributed by atoms with Crippen molar-refractivity contribution in [1.29, 1.82) is 0 Å². The molecule has 16 heavy (non-hydrogen) atoms. The van der Waals surface area contributed by atoms with Crippen LogP contribution in [0.15, 0.2) is 15.7 Å². The molecule has 88 valence electrons. The summed E-state index contributed by atoms with van der Waals surface area (Å²) in [5.41, 5.74) is 4.83. The van der Waals surface area contributed by atoms with E-state index >= 15 is 0 Å². The monoisotopic (exact) mass is 241 g/mol. The van der Waals surface area contributed by atoms with Crippen molar-refractivity contribution in [3.8, 4) is 0 Å². The zero-order valence-corrected chi connectivity index (χ0v) is 9.97. The molecular weight excluding hydrogens is 226 g/mol. The summed E-state index contributed by atoms with van der Waals surface area (Å²) in [6.07, 6.45) is 2.24. The van der Waals surface area contributed by atoms with Crippen LogP contribution in [-0.4, -0.2) is 20.1 Å². The van der Waals surface area contributed by atoms with Crippen LogP contribution in [0, 0.1) is 0 Å². The van der Waals surface area contributed by atoms with Crippen LogP contribution in [0.3, 0.4) is 0 Å². The van der Waals surface area contributed by atoms with Crippen molar-refractivity contribution in [2.45, 2.75) is 31.1 Å². The lowest BCUT2D eigenvalue weighted by Gasteiger charge is -2.24. The number of anilines is 1. The Hall–Kier alpha value is -1.17. The smallest absolute Gasteiger partial charge is 0.329 e. The molecule has 6 heteroatoms. The first-order valence-corrected chi connectivity index (χ1v) is 6.22. The van der Waals surface area contributed by atoms with E-state index in [1.165, 1.54) is 17.1 Å². The molecule has 2 heterocycles. The van der Waals surface area contributed by atoms with E-state index in [2.05, 4.69) is 11.9 Å². The first kappa shape index (κ1) is 11.3. The molecule has 0 spiro atoms. The lowest BCUT2D eigenvalue weighted by Crippen LogP contribution is -2.37. The Labute approximate surface area is 97.1 Å². The molecule has 0 aliphatic carbocycles. The highest BCUT2D eigenvalue weighted by atomic mass is 32.2. The van der Waals surface area contributed by atoms with E-state index < -0.39 is 11.2 Å². The molecular formula is C10H15N3O2S. The number of thioether (sulfide) groups is 1. The summed E-state index contributed by atoms with van der Waals surface area (Å²) < 4.78 is 1.50. The molecule has 3 N–H and O–H groups in total. The summed E-state index contributed by atoms with van der Waals surface area (Å²) in [5, 5.41) is 0. The molecule has 1 saturated heterocycles. The van der Waals surface area contributed by atoms with Crippen molar-refractivity contribution in [1.82, 2.24) is 9.55 Å². The first-order chi connectivity index (χ1) is 7.50. The van der Waals surface area contributed by atoms with Gasteiger partial charge in [-0.3, -0.25) is 14.3 Å². The summed E-state index contributed by atoms with van der Waals surface area (Å²) in [5.74, 6) is 1.36. The number of aromatic amines is 1. The molecule has 1 aromatic heterocycles. The van der Waals surface area contributed by atoms with E-state index in [1.807, 2.05) is 11.8 Å². The van der Waals surface area contributed by atoms with Gasteiger partial charge in [0.1, 0.15) is 5.82 Å². The minimum atomic E-state index is -0.442. The zero-order valence-electron chi connectivity index (χ0n) is 9.16. The Morgan fingerprint density at radius 3 is 2.94 bits per heavy atom. The average molecular weight is 241 g/mol. The molecule has 0 saturated carbocycles. The molecule has 2 rings (SSSR count). The number of H-pyrrole nitrogens is 1. The third kappa shape index (κ3) is 2.16. The molecule has 0 radical (unpaired) electrons. The van der Waals surface area contributed by atoms with Gasteiger partial charge in [0.25, 0.3) is 5.56 Å². The van der Waals surface area contributed by atoms with Gasteiger partial charge in [-0.05, 0) is 25.5 Å². The summed E-state index contributed by atoms with van der Waals surface area (Å²) >= 11 is 1.85. The highest BCUT2D eigenvalue weighted by Gasteiger charge is 2.30. The lowest BCUT2D eigenvalue weighted by molar-refractivity contribution is 0.498. The fourth-order valence-corrected chi connectivity index (χ4v) is 3.29. The Balaban J connectivity index is 2.35. The molecule has 0 aromatic carbocycles. The maximum Gasteiger partial charge on any atom is 0.329 e. The number of nitrogens with two attached hydrogens (primary N) is 1. The van der Waals surface area contributed by atoms with Crippen molar-refractivity contribution in [2.24, 2.45) is 0 Å². The molecule has 1 aromatic rings. The number of nitrogen functional groups attached to an aromatic ring is 1. The second-order valence-electron chi connectivity index (χ2n) is 4.35. The second-order valence-corrected chi connectivity index (χ2v) is 6.03. The van der Waals surface area contributed by atoms with Crippen LogP contribution in [-0.2, 0) is 6.54 Å². The number of nitrogens with zero attached hydrogens (tertiary/aromatic N) is 1. The molecule has 1 fully saturated rings. The largest absolute Gasteiger partial charge is 0.385 e. The van der Waals surface area contributed by atoms with Gasteiger partial charge in [-0.15, -0.1) is 0 Å². The predicted octanol–water partition coefficient (Wildman–Crippen LogP) is 0.404. The van der Waals surface area contributed by atoms with Gasteiger partial charge in [0, 0.05) is 17.4 Å². The van der Waals surface area contributed by atoms with Crippen LogP contribution >= 0.6 is 11.8 Å². The number of rotatable bonds is 2. The van der Waals surface area contributed by atoms with E-state index in [1.54, 1.807) is 0 Å². The van der Waals surface area contributed by atoms with Crippen molar-refractivity contribution < 1.29 is 0 Å². The first-order valence-electron chi connectivity index (χ1n) is 5.24. The maximum atomic E-state index is 11.6. The molecule has 5 nitrogen and oxygen atoms in total. The Morgan fingerprint density at radius 1 is 1.62 bits per heavy atom. The van der Waals surface area contributed by atoms with Crippen molar-refractivity contribution in [2.75, 3.05) is 11.5 Å². The molecule has 1 unspecified atom stereocenters. The van der Waals surface area contributed by atoms with E-state index in [0.717, 1.165) is 12.2 Å². The Kier molecular flexibility index (Phi) is 2.84. The highest BCUT2D eigenvalue weighted by Crippen LogP contribution is 2.38. The lowest BCUT2D eigenvalue weighted by atomic mass is 10.1. The van der Waals surface area contributed by atoms with Crippen LogP contribution in [0.4, 0.5) is 5.82 Å². The van der Waals surface area contributed by atoms with Crippen LogP contribution in [0.1, 0.15) is 19.8 Å². The predicted molar refractivity (Wildman–Crippen MR) is 65.8 cm³/mol. The van der Waals surface area contributed by atoms with Gasteiger partial charge < -0.3 is 5.73 Å². The number of nitrogens with one attached hydrogen (secondary N) is 1. The van der Waals surface area contributed by atoms with Gasteiger partial charge in [0.15, 0.2) is 0 Å². The number of hydrogen-bond acceptors (Lipinski definition) is 4. The summed E-state index contributed by atoms with van der Waals surface area (Å²) in [6, 6.07) is 1.25. The van der Waals surface area contributed by atoms with E-state index in [-0.39, 0.29) is 10.6 Å². The minimum Gasteiger partial charge on any atom is -0.385 e. The van der Waals surface area contributed by atoms with Gasteiger partial charge in [-0.2, -0.15) is 11.8 Å². The standard InChI is InChI=1S/C10H15N3O2S/c1-10(3-2-4-16-10)6-13-7(11)5-8(14)12-9(13)15/h5H,2-4,6,11H2,1H3,(H,12,14,15). The van der Waals surface area contributed by atoms with Gasteiger partial charge in [0.05, 0.1) is 0 Å². The average Bonchev–Trinajstić information content (AvgIpc) is 2.59. The molecule has 0 bridgehead atoms. The summed E-state index contributed by atoms with van der Waals surface area (Å²) in [7, 11) is 0. The molecule has 1 aliphatic rings. The SMILES string of the molecule is CC1(Cn2c(N)cc(=O)[nH]c2=O)CCCS1. The van der Waals surface area contributed by atoms with Crippen LogP contribution in [0.25, 0.3) is 0 Å². The number of aromatic nitrogens is 2. The quantitative estimate of drug-likeness (QED) is 0.785. The van der Waals surface area contributed by atoms with Gasteiger partial charge in [0.2, 0.25) is 0 Å². The summed E-state index contributed by atoms with van der Waals surface area (Å²) in [4.78, 5) is 24.9. The van der Waals surface area contributed by atoms with Crippen LogP contribution in [0.5, 0.6) is 0 Å². The third-order valence-electron chi connectivity index (χ3n) is 2.86. The fourth-order valence-electron chi connectivity index (χ4n) is 2.00. The maximum absolute atomic E-state index is 11.6. The van der Waals surface area contributed by atoms with Gasteiger partial charge >= 0.3 is 5.69 Å². The Bertz CT molecular complexity index is 500. The molecule has 1 aliphatic heterocycles. The van der Waals surface area contributed by atoms with Crippen molar-refractivity contribution in [3.63, 3.8) is 0 Å². The van der Waals surface area contributed by atoms with E-state index in [0.29, 0.717) is 6.54 Å². The normalized spacial score (nSPS) is 24.8. The number of hydrogen-bond donors (Lipinski definition) is 2. The zero-order chi connectivity index (χ0) is 11.8. The van der Waals surface area contributed by atoms with Gasteiger partial charge in [-0.1, -0.05) is 0 Å². The fraction of sp³-hybridized carbons (Fsp3) is 0.600. The highest BCUT2D eigenvalue weighted by molar-refractivity contribution is 8.00. The van der Waals surface area contributed by atoms with Crippen LogP contribution in [0.2, 0.25) is 0 Å². The summed E-state index contributed by atoms with van der Waals surface area (Å²) in [6.45, 7) is 2.68. The third-order valence-corrected chi connectivity index (χ3v) is 4.38. The second kappa shape index (κ2) is 4.01. The van der Waals surface area contributed by atoms with Crippen molar-refractivity contribution in [3.05, 3.63) is 26.9 Å².